The van der Waals surface area contributed by atoms with Crippen LogP contribution in [0.3, 0.4) is 0 Å². The lowest BCUT2D eigenvalue weighted by atomic mass is 9.94. The molecule has 0 amide bonds. The van der Waals surface area contributed by atoms with Crippen molar-refractivity contribution in [1.82, 2.24) is 24.1 Å². The fourth-order valence-corrected chi connectivity index (χ4v) is 4.18. The minimum atomic E-state index is -0.702. The number of aryl methyl sites for hydroxylation is 1. The molecule has 8 nitrogen and oxygen atoms in total. The normalized spacial score (nSPS) is 14.9. The zero-order valence-electron chi connectivity index (χ0n) is 18.9. The summed E-state index contributed by atoms with van der Waals surface area (Å²) in [6, 6.07) is 13.0. The fraction of sp³-hybridized carbons (Fsp3) is 0.292. The average Bonchev–Trinajstić information content (AvgIpc) is 3.32. The maximum absolute atomic E-state index is 14.0. The molecule has 2 aromatic heterocycles. The number of nitrogens with zero attached hydrogens (tertiary/aromatic N) is 6. The van der Waals surface area contributed by atoms with Gasteiger partial charge in [-0.3, -0.25) is 9.25 Å². The Morgan fingerprint density at radius 3 is 2.38 bits per heavy atom. The molecule has 0 saturated carbocycles. The van der Waals surface area contributed by atoms with Gasteiger partial charge in [0.15, 0.2) is 5.82 Å². The Balaban J connectivity index is 1.31. The summed E-state index contributed by atoms with van der Waals surface area (Å²) >= 11 is 0. The molecule has 1 saturated heterocycles. The van der Waals surface area contributed by atoms with Gasteiger partial charge in [-0.05, 0) is 43.7 Å². The van der Waals surface area contributed by atoms with E-state index in [1.807, 2.05) is 36.7 Å². The molecule has 2 N–H and O–H groups in total. The van der Waals surface area contributed by atoms with E-state index in [0.717, 1.165) is 42.3 Å². The lowest BCUT2D eigenvalue weighted by Gasteiger charge is -2.45. The van der Waals surface area contributed by atoms with E-state index < -0.39 is 17.3 Å². The number of nitrogens with two attached hydrogens (primary N) is 1. The first-order valence-corrected chi connectivity index (χ1v) is 11.0. The third-order valence-electron chi connectivity index (χ3n) is 6.03. The molecule has 0 unspecified atom stereocenters. The maximum atomic E-state index is 14.0. The lowest BCUT2D eigenvalue weighted by Crippen LogP contribution is -2.65. The quantitative estimate of drug-likeness (QED) is 0.473. The topological polar surface area (TPSA) is 86.9 Å². The number of hydrogen-bond donors (Lipinski definition) is 1. The number of aromatic nitrogens is 5. The van der Waals surface area contributed by atoms with Gasteiger partial charge in [-0.15, -0.1) is 0 Å². The van der Waals surface area contributed by atoms with E-state index in [1.165, 1.54) is 21.6 Å². The zero-order valence-corrected chi connectivity index (χ0v) is 18.9. The summed E-state index contributed by atoms with van der Waals surface area (Å²) in [5.41, 5.74) is 7.89. The standard InChI is InChI=1S/C24H25F2N7O/c1-16-10-22(31-13-24(2,27)14-31)29-32(16)11-17-6-8-18(9-7-17)33-23(34)30(15-28-33)12-19-20(25)4-3-5-21(19)26/h3-10,15H,11-14,27H2,1-2H3. The average molecular weight is 466 g/mol. The highest BCUT2D eigenvalue weighted by molar-refractivity contribution is 5.45. The van der Waals surface area contributed by atoms with Gasteiger partial charge in [0.25, 0.3) is 0 Å². The summed E-state index contributed by atoms with van der Waals surface area (Å²) < 4.78 is 32.2. The first-order chi connectivity index (χ1) is 16.2. The SMILES string of the molecule is Cc1cc(N2CC(C)(N)C2)nn1Cc1ccc(-n2ncn(Cc3c(F)cccc3F)c2=O)cc1. The molecule has 3 heterocycles. The van der Waals surface area contributed by atoms with Gasteiger partial charge in [0.05, 0.1) is 18.8 Å². The van der Waals surface area contributed by atoms with Gasteiger partial charge < -0.3 is 10.6 Å². The van der Waals surface area contributed by atoms with E-state index in [1.54, 1.807) is 12.1 Å². The van der Waals surface area contributed by atoms with Crippen molar-refractivity contribution in [1.29, 1.82) is 0 Å². The van der Waals surface area contributed by atoms with Crippen LogP contribution in [0.1, 0.15) is 23.7 Å². The van der Waals surface area contributed by atoms with Crippen molar-refractivity contribution < 1.29 is 8.78 Å². The molecule has 0 aliphatic carbocycles. The smallest absolute Gasteiger partial charge is 0.350 e. The van der Waals surface area contributed by atoms with Gasteiger partial charge in [0.1, 0.15) is 18.0 Å². The molecule has 0 spiro atoms. The Labute approximate surface area is 194 Å². The fourth-order valence-electron chi connectivity index (χ4n) is 4.18. The van der Waals surface area contributed by atoms with Crippen LogP contribution < -0.4 is 16.3 Å². The van der Waals surface area contributed by atoms with E-state index in [-0.39, 0.29) is 17.6 Å². The van der Waals surface area contributed by atoms with Gasteiger partial charge in [-0.2, -0.15) is 14.9 Å². The van der Waals surface area contributed by atoms with E-state index in [0.29, 0.717) is 12.2 Å². The van der Waals surface area contributed by atoms with Gasteiger partial charge >= 0.3 is 5.69 Å². The number of anilines is 1. The molecule has 1 aliphatic heterocycles. The predicted octanol–water partition coefficient (Wildman–Crippen LogP) is 2.45. The molecule has 0 radical (unpaired) electrons. The highest BCUT2D eigenvalue weighted by atomic mass is 19.1. The van der Waals surface area contributed by atoms with Crippen molar-refractivity contribution in [2.75, 3.05) is 18.0 Å². The first kappa shape index (κ1) is 22.0. The Bertz CT molecular complexity index is 1370. The summed E-state index contributed by atoms with van der Waals surface area (Å²) in [5.74, 6) is -0.486. The third kappa shape index (κ3) is 4.12. The van der Waals surface area contributed by atoms with Crippen molar-refractivity contribution >= 4 is 5.82 Å². The monoisotopic (exact) mass is 465 g/mol. The van der Waals surface area contributed by atoms with Crippen molar-refractivity contribution in [3.63, 3.8) is 0 Å². The van der Waals surface area contributed by atoms with Crippen LogP contribution >= 0.6 is 0 Å². The molecule has 34 heavy (non-hydrogen) atoms. The highest BCUT2D eigenvalue weighted by Gasteiger charge is 2.36. The minimum Gasteiger partial charge on any atom is -0.351 e. The van der Waals surface area contributed by atoms with Gasteiger partial charge in [0, 0.05) is 36.0 Å². The van der Waals surface area contributed by atoms with Crippen molar-refractivity contribution in [3.05, 3.63) is 93.8 Å². The van der Waals surface area contributed by atoms with E-state index in [9.17, 15) is 13.6 Å². The molecule has 0 atom stereocenters. The van der Waals surface area contributed by atoms with Crippen LogP contribution in [0.5, 0.6) is 0 Å². The van der Waals surface area contributed by atoms with E-state index in [4.69, 9.17) is 10.8 Å². The van der Waals surface area contributed by atoms with Crippen molar-refractivity contribution in [2.45, 2.75) is 32.5 Å². The van der Waals surface area contributed by atoms with Crippen LogP contribution in [-0.2, 0) is 13.1 Å². The molecule has 1 aliphatic rings. The maximum Gasteiger partial charge on any atom is 0.350 e. The molecular formula is C24H25F2N7O. The Hall–Kier alpha value is -3.79. The van der Waals surface area contributed by atoms with Crippen LogP contribution in [0.15, 0.2) is 59.7 Å². The minimum absolute atomic E-state index is 0.165. The molecule has 1 fully saturated rings. The predicted molar refractivity (Wildman–Crippen MR) is 124 cm³/mol. The van der Waals surface area contributed by atoms with Crippen LogP contribution in [0.25, 0.3) is 5.69 Å². The second-order valence-corrected chi connectivity index (χ2v) is 9.13. The molecule has 4 aromatic rings. The summed E-state index contributed by atoms with van der Waals surface area (Å²) in [5, 5.41) is 8.81. The van der Waals surface area contributed by atoms with Crippen molar-refractivity contribution in [2.24, 2.45) is 5.73 Å². The number of benzene rings is 2. The second-order valence-electron chi connectivity index (χ2n) is 9.13. The molecule has 5 rings (SSSR count). The molecule has 2 aromatic carbocycles. The van der Waals surface area contributed by atoms with E-state index in [2.05, 4.69) is 10.00 Å². The number of halogens is 2. The van der Waals surface area contributed by atoms with Gasteiger partial charge in [0.2, 0.25) is 0 Å². The van der Waals surface area contributed by atoms with E-state index >= 15 is 0 Å². The summed E-state index contributed by atoms with van der Waals surface area (Å²) in [7, 11) is 0. The number of hydrogen-bond acceptors (Lipinski definition) is 5. The largest absolute Gasteiger partial charge is 0.351 e. The van der Waals surface area contributed by atoms with Crippen LogP contribution in [0, 0.1) is 18.6 Å². The Kier molecular flexibility index (Phi) is 5.32. The molecule has 176 valence electrons. The van der Waals surface area contributed by atoms with Crippen LogP contribution in [0.2, 0.25) is 0 Å². The summed E-state index contributed by atoms with van der Waals surface area (Å²) in [6.07, 6.45) is 1.28. The zero-order chi connectivity index (χ0) is 24.0. The summed E-state index contributed by atoms with van der Waals surface area (Å²) in [4.78, 5) is 14.9. The van der Waals surface area contributed by atoms with Crippen LogP contribution in [0.4, 0.5) is 14.6 Å². The Morgan fingerprint density at radius 1 is 1.06 bits per heavy atom. The second kappa shape index (κ2) is 8.21. The number of rotatable bonds is 6. The molecular weight excluding hydrogens is 440 g/mol. The first-order valence-electron chi connectivity index (χ1n) is 11.0. The molecule has 0 bridgehead atoms. The third-order valence-corrected chi connectivity index (χ3v) is 6.03. The van der Waals surface area contributed by atoms with Crippen molar-refractivity contribution in [3.8, 4) is 5.69 Å². The Morgan fingerprint density at radius 2 is 1.74 bits per heavy atom. The molecule has 10 heteroatoms. The lowest BCUT2D eigenvalue weighted by molar-refractivity contribution is 0.362. The van der Waals surface area contributed by atoms with Gasteiger partial charge in [-0.25, -0.2) is 13.6 Å². The van der Waals surface area contributed by atoms with Gasteiger partial charge in [-0.1, -0.05) is 18.2 Å². The van der Waals surface area contributed by atoms with Crippen LogP contribution in [-0.4, -0.2) is 42.8 Å². The summed E-state index contributed by atoms with van der Waals surface area (Å²) in [6.45, 7) is 5.94. The highest BCUT2D eigenvalue weighted by Crippen LogP contribution is 2.25.